The van der Waals surface area contributed by atoms with Crippen LogP contribution in [0.4, 0.5) is 4.79 Å². The molecule has 0 bridgehead atoms. The number of aromatic amines is 1. The molecule has 27 heavy (non-hydrogen) atoms. The van der Waals surface area contributed by atoms with Gasteiger partial charge in [0, 0.05) is 25.6 Å². The Labute approximate surface area is 159 Å². The van der Waals surface area contributed by atoms with Gasteiger partial charge in [-0.15, -0.1) is 0 Å². The number of nitrogens with zero attached hydrogens (tertiary/aromatic N) is 3. The number of carbonyl (C=O) groups is 2. The molecule has 9 nitrogen and oxygen atoms in total. The summed E-state index contributed by atoms with van der Waals surface area (Å²) in [7, 11) is 0. The summed E-state index contributed by atoms with van der Waals surface area (Å²) in [6.45, 7) is 7.80. The molecule has 0 aliphatic carbocycles. The minimum absolute atomic E-state index is 0.101. The molecule has 0 spiro atoms. The van der Waals surface area contributed by atoms with Gasteiger partial charge in [-0.3, -0.25) is 9.89 Å². The maximum Gasteiger partial charge on any atom is 0.410 e. The van der Waals surface area contributed by atoms with E-state index in [1.54, 1.807) is 4.90 Å². The molecular formula is C18H29N5O4. The van der Waals surface area contributed by atoms with E-state index in [1.165, 1.54) is 0 Å². The number of ether oxygens (including phenoxy) is 2. The lowest BCUT2D eigenvalue weighted by atomic mass is 9.96. The van der Waals surface area contributed by atoms with E-state index in [4.69, 9.17) is 9.47 Å². The van der Waals surface area contributed by atoms with Crippen LogP contribution in [0, 0.1) is 0 Å². The zero-order chi connectivity index (χ0) is 19.4. The van der Waals surface area contributed by atoms with Crippen molar-refractivity contribution in [3.8, 4) is 0 Å². The van der Waals surface area contributed by atoms with E-state index in [2.05, 4.69) is 20.5 Å². The summed E-state index contributed by atoms with van der Waals surface area (Å²) in [5.74, 6) is 1.46. The molecule has 3 heterocycles. The minimum atomic E-state index is -0.486. The molecule has 2 N–H and O–H groups in total. The van der Waals surface area contributed by atoms with Crippen LogP contribution in [0.25, 0.3) is 0 Å². The van der Waals surface area contributed by atoms with Gasteiger partial charge in [0.15, 0.2) is 5.82 Å². The number of hydrogen-bond donors (Lipinski definition) is 2. The summed E-state index contributed by atoms with van der Waals surface area (Å²) in [5, 5.41) is 10.0. The predicted molar refractivity (Wildman–Crippen MR) is 97.0 cm³/mol. The summed E-state index contributed by atoms with van der Waals surface area (Å²) in [5.41, 5.74) is -0.486. The highest BCUT2D eigenvalue weighted by atomic mass is 16.6. The largest absolute Gasteiger partial charge is 0.444 e. The second-order valence-corrected chi connectivity index (χ2v) is 8.10. The van der Waals surface area contributed by atoms with Crippen molar-refractivity contribution in [1.82, 2.24) is 25.4 Å². The number of amides is 2. The van der Waals surface area contributed by atoms with Gasteiger partial charge in [-0.2, -0.15) is 5.10 Å². The van der Waals surface area contributed by atoms with Crippen LogP contribution < -0.4 is 5.32 Å². The Hall–Kier alpha value is -2.16. The van der Waals surface area contributed by atoms with Gasteiger partial charge in [0.25, 0.3) is 0 Å². The third kappa shape index (κ3) is 5.41. The van der Waals surface area contributed by atoms with E-state index in [0.29, 0.717) is 32.1 Å². The molecule has 0 radical (unpaired) electrons. The molecule has 1 aromatic rings. The molecule has 150 valence electrons. The zero-order valence-corrected chi connectivity index (χ0v) is 16.3. The lowest BCUT2D eigenvalue weighted by molar-refractivity contribution is -0.130. The lowest BCUT2D eigenvalue weighted by Gasteiger charge is -2.32. The highest BCUT2D eigenvalue weighted by Crippen LogP contribution is 2.26. The Bertz CT molecular complexity index is 655. The van der Waals surface area contributed by atoms with Crippen LogP contribution in [0.3, 0.4) is 0 Å². The SMILES string of the molecule is CC(C)(C)OC(=O)N1CCC(c2n[nH]c(CNC(=O)[C@@H]3CCCO3)n2)CC1. The van der Waals surface area contributed by atoms with Crippen molar-refractivity contribution in [2.45, 2.75) is 70.6 Å². The number of H-pyrrole nitrogens is 1. The fourth-order valence-corrected chi connectivity index (χ4v) is 3.29. The summed E-state index contributed by atoms with van der Waals surface area (Å²) in [4.78, 5) is 30.4. The van der Waals surface area contributed by atoms with Crippen molar-refractivity contribution in [1.29, 1.82) is 0 Å². The van der Waals surface area contributed by atoms with Crippen LogP contribution in [0.15, 0.2) is 0 Å². The maximum atomic E-state index is 12.1. The number of likely N-dealkylation sites (tertiary alicyclic amines) is 1. The zero-order valence-electron chi connectivity index (χ0n) is 16.3. The summed E-state index contributed by atoms with van der Waals surface area (Å²) in [6, 6.07) is 0. The number of hydrogen-bond acceptors (Lipinski definition) is 6. The fourth-order valence-electron chi connectivity index (χ4n) is 3.29. The standard InChI is InChI=1S/C18H29N5O4/c1-18(2,3)27-17(25)23-8-6-12(7-9-23)15-20-14(21-22-15)11-19-16(24)13-5-4-10-26-13/h12-13H,4-11H2,1-3H3,(H,19,24)(H,20,21,22)/t13-/m0/s1. The van der Waals surface area contributed by atoms with E-state index in [9.17, 15) is 9.59 Å². The van der Waals surface area contributed by atoms with E-state index >= 15 is 0 Å². The molecule has 1 atom stereocenters. The molecule has 0 aromatic carbocycles. The lowest BCUT2D eigenvalue weighted by Crippen LogP contribution is -2.41. The van der Waals surface area contributed by atoms with Crippen molar-refractivity contribution in [3.63, 3.8) is 0 Å². The maximum absolute atomic E-state index is 12.1. The molecule has 2 saturated heterocycles. The number of rotatable bonds is 4. The van der Waals surface area contributed by atoms with Gasteiger partial charge in [-0.25, -0.2) is 9.78 Å². The molecular weight excluding hydrogens is 350 g/mol. The molecule has 2 fully saturated rings. The minimum Gasteiger partial charge on any atom is -0.444 e. The first-order valence-electron chi connectivity index (χ1n) is 9.60. The first kappa shape index (κ1) is 19.6. The summed E-state index contributed by atoms with van der Waals surface area (Å²) in [6.07, 6.45) is 2.66. The van der Waals surface area contributed by atoms with Crippen LogP contribution >= 0.6 is 0 Å². The average Bonchev–Trinajstić information content (AvgIpc) is 3.30. The molecule has 3 rings (SSSR count). The van der Waals surface area contributed by atoms with Crippen molar-refractivity contribution in [2.24, 2.45) is 0 Å². The molecule has 2 aliphatic heterocycles. The molecule has 9 heteroatoms. The Morgan fingerprint density at radius 3 is 2.67 bits per heavy atom. The third-order valence-corrected chi connectivity index (χ3v) is 4.71. The van der Waals surface area contributed by atoms with Gasteiger partial charge in [-0.1, -0.05) is 0 Å². The third-order valence-electron chi connectivity index (χ3n) is 4.71. The number of nitrogens with one attached hydrogen (secondary N) is 2. The fraction of sp³-hybridized carbons (Fsp3) is 0.778. The Kier molecular flexibility index (Phi) is 5.98. The predicted octanol–water partition coefficient (Wildman–Crippen LogP) is 1.71. The Morgan fingerprint density at radius 2 is 2.04 bits per heavy atom. The first-order valence-corrected chi connectivity index (χ1v) is 9.60. The van der Waals surface area contributed by atoms with Crippen LogP contribution in [0.5, 0.6) is 0 Å². The Balaban J connectivity index is 1.45. The average molecular weight is 379 g/mol. The van der Waals surface area contributed by atoms with Crippen LogP contribution in [0.1, 0.15) is 64.0 Å². The second-order valence-electron chi connectivity index (χ2n) is 8.10. The molecule has 0 unspecified atom stereocenters. The first-order chi connectivity index (χ1) is 12.8. The number of aromatic nitrogens is 3. The van der Waals surface area contributed by atoms with Crippen LogP contribution in [0.2, 0.25) is 0 Å². The number of piperidine rings is 1. The molecule has 2 amide bonds. The normalized spacial score (nSPS) is 21.3. The highest BCUT2D eigenvalue weighted by molar-refractivity contribution is 5.80. The van der Waals surface area contributed by atoms with E-state index < -0.39 is 5.60 Å². The molecule has 1 aromatic heterocycles. The van der Waals surface area contributed by atoms with Gasteiger partial charge in [0.05, 0.1) is 6.54 Å². The van der Waals surface area contributed by atoms with Gasteiger partial charge in [-0.05, 0) is 46.5 Å². The second kappa shape index (κ2) is 8.24. The Morgan fingerprint density at radius 1 is 1.30 bits per heavy atom. The van der Waals surface area contributed by atoms with E-state index in [-0.39, 0.29) is 24.0 Å². The highest BCUT2D eigenvalue weighted by Gasteiger charge is 2.29. The van der Waals surface area contributed by atoms with Crippen LogP contribution in [-0.2, 0) is 20.8 Å². The van der Waals surface area contributed by atoms with E-state index in [0.717, 1.165) is 31.5 Å². The monoisotopic (exact) mass is 379 g/mol. The topological polar surface area (TPSA) is 109 Å². The summed E-state index contributed by atoms with van der Waals surface area (Å²) >= 11 is 0. The number of carbonyl (C=O) groups excluding carboxylic acids is 2. The van der Waals surface area contributed by atoms with Crippen molar-refractivity contribution in [3.05, 3.63) is 11.6 Å². The summed E-state index contributed by atoms with van der Waals surface area (Å²) < 4.78 is 10.8. The van der Waals surface area contributed by atoms with Gasteiger partial charge in [0.2, 0.25) is 5.91 Å². The van der Waals surface area contributed by atoms with Gasteiger partial charge in [0.1, 0.15) is 17.5 Å². The molecule has 0 saturated carbocycles. The quantitative estimate of drug-likeness (QED) is 0.824. The van der Waals surface area contributed by atoms with Crippen molar-refractivity contribution < 1.29 is 19.1 Å². The van der Waals surface area contributed by atoms with Crippen molar-refractivity contribution in [2.75, 3.05) is 19.7 Å². The van der Waals surface area contributed by atoms with E-state index in [1.807, 2.05) is 20.8 Å². The smallest absolute Gasteiger partial charge is 0.410 e. The molecule has 2 aliphatic rings. The van der Waals surface area contributed by atoms with Gasteiger partial charge < -0.3 is 19.7 Å². The van der Waals surface area contributed by atoms with Crippen LogP contribution in [-0.4, -0.2) is 63.5 Å². The van der Waals surface area contributed by atoms with Gasteiger partial charge >= 0.3 is 6.09 Å². The van der Waals surface area contributed by atoms with Crippen molar-refractivity contribution >= 4 is 12.0 Å².